The molecule has 0 radical (unpaired) electrons. The minimum atomic E-state index is -0.434. The third kappa shape index (κ3) is 4.87. The van der Waals surface area contributed by atoms with Crippen molar-refractivity contribution in [3.05, 3.63) is 75.7 Å². The van der Waals surface area contributed by atoms with Crippen LogP contribution < -0.4 is 10.2 Å². The van der Waals surface area contributed by atoms with E-state index in [2.05, 4.69) is 10.4 Å². The van der Waals surface area contributed by atoms with Crippen LogP contribution in [0.5, 0.6) is 0 Å². The van der Waals surface area contributed by atoms with Crippen LogP contribution in [0.4, 0.5) is 15.9 Å². The van der Waals surface area contributed by atoms with Gasteiger partial charge in [-0.3, -0.25) is 4.79 Å². The minimum Gasteiger partial charge on any atom is -0.370 e. The van der Waals surface area contributed by atoms with Gasteiger partial charge in [0.1, 0.15) is 17.7 Å². The number of hydrogen-bond donors (Lipinski definition) is 1. The number of carbonyl (C=O) groups is 1. The van der Waals surface area contributed by atoms with E-state index in [1.165, 1.54) is 12.1 Å². The standard InChI is InChI=1S/C23H20Cl2FN5O/c24-18-2-1-16(20(25)12-18)14-31-22(5-8-28-31)29-23(32)15-6-9-30(10-7-15)21-4-3-19(26)11-17(21)13-27/h1-5,8,11-12,15H,6-7,9-10,14H2,(H,29,32). The van der Waals surface area contributed by atoms with Crippen LogP contribution >= 0.6 is 23.2 Å². The first-order chi connectivity index (χ1) is 15.4. The summed E-state index contributed by atoms with van der Waals surface area (Å²) >= 11 is 12.2. The molecule has 1 fully saturated rings. The van der Waals surface area contributed by atoms with E-state index in [1.807, 2.05) is 17.0 Å². The SMILES string of the molecule is N#Cc1cc(F)ccc1N1CCC(C(=O)Nc2ccnn2Cc2ccc(Cl)cc2Cl)CC1. The second kappa shape index (κ2) is 9.60. The molecular formula is C23H20Cl2FN5O. The zero-order chi connectivity index (χ0) is 22.7. The van der Waals surface area contributed by atoms with Crippen LogP contribution in [-0.4, -0.2) is 28.8 Å². The van der Waals surface area contributed by atoms with Crippen LogP contribution in [0, 0.1) is 23.1 Å². The molecule has 1 amide bonds. The molecule has 164 valence electrons. The molecule has 0 saturated carbocycles. The number of hydrogen-bond acceptors (Lipinski definition) is 4. The number of carbonyl (C=O) groups excluding carboxylic acids is 1. The Bertz CT molecular complexity index is 1180. The van der Waals surface area contributed by atoms with Gasteiger partial charge >= 0.3 is 0 Å². The van der Waals surface area contributed by atoms with Gasteiger partial charge in [-0.1, -0.05) is 29.3 Å². The van der Waals surface area contributed by atoms with Crippen molar-refractivity contribution in [1.82, 2.24) is 9.78 Å². The molecule has 0 spiro atoms. The van der Waals surface area contributed by atoms with E-state index in [1.54, 1.807) is 35.1 Å². The van der Waals surface area contributed by atoms with Gasteiger partial charge in [-0.05, 0) is 48.7 Å². The number of anilines is 2. The summed E-state index contributed by atoms with van der Waals surface area (Å²) in [5.74, 6) is -0.0854. The Morgan fingerprint density at radius 1 is 1.19 bits per heavy atom. The van der Waals surface area contributed by atoms with Gasteiger partial charge < -0.3 is 10.2 Å². The van der Waals surface area contributed by atoms with E-state index >= 15 is 0 Å². The van der Waals surface area contributed by atoms with Crippen molar-refractivity contribution >= 4 is 40.6 Å². The number of halogens is 3. The van der Waals surface area contributed by atoms with Crippen molar-refractivity contribution < 1.29 is 9.18 Å². The predicted octanol–water partition coefficient (Wildman–Crippen LogP) is 5.10. The Hall–Kier alpha value is -3.08. The fourth-order valence-electron chi connectivity index (χ4n) is 3.86. The molecule has 6 nitrogen and oxygen atoms in total. The molecule has 0 bridgehead atoms. The molecule has 9 heteroatoms. The molecule has 0 unspecified atom stereocenters. The first kappa shape index (κ1) is 22.1. The molecular weight excluding hydrogens is 452 g/mol. The molecule has 1 saturated heterocycles. The molecule has 3 aromatic rings. The van der Waals surface area contributed by atoms with Gasteiger partial charge in [0, 0.05) is 35.1 Å². The molecule has 0 atom stereocenters. The summed E-state index contributed by atoms with van der Waals surface area (Å²) in [4.78, 5) is 14.9. The third-order valence-electron chi connectivity index (χ3n) is 5.59. The molecule has 32 heavy (non-hydrogen) atoms. The summed E-state index contributed by atoms with van der Waals surface area (Å²) in [7, 11) is 0. The Kier molecular flexibility index (Phi) is 6.63. The normalized spacial score (nSPS) is 14.2. The maximum atomic E-state index is 13.4. The number of amides is 1. The van der Waals surface area contributed by atoms with Gasteiger partial charge in [0.25, 0.3) is 0 Å². The Balaban J connectivity index is 1.38. The van der Waals surface area contributed by atoms with Crippen molar-refractivity contribution in [1.29, 1.82) is 5.26 Å². The van der Waals surface area contributed by atoms with Gasteiger partial charge in [0.2, 0.25) is 5.91 Å². The first-order valence-corrected chi connectivity index (χ1v) is 10.9. The number of nitrogens with one attached hydrogen (secondary N) is 1. The van der Waals surface area contributed by atoms with Crippen LogP contribution in [0.3, 0.4) is 0 Å². The number of rotatable bonds is 5. The lowest BCUT2D eigenvalue weighted by Crippen LogP contribution is -2.38. The quantitative estimate of drug-likeness (QED) is 0.561. The maximum Gasteiger partial charge on any atom is 0.228 e. The minimum absolute atomic E-state index is 0.0757. The van der Waals surface area contributed by atoms with Crippen molar-refractivity contribution in [3.63, 3.8) is 0 Å². The van der Waals surface area contributed by atoms with Crippen LogP contribution in [0.25, 0.3) is 0 Å². The van der Waals surface area contributed by atoms with E-state index in [9.17, 15) is 14.4 Å². The fourth-order valence-corrected chi connectivity index (χ4v) is 4.33. The fraction of sp³-hybridized carbons (Fsp3) is 0.261. The Morgan fingerprint density at radius 2 is 1.97 bits per heavy atom. The Labute approximate surface area is 195 Å². The van der Waals surface area contributed by atoms with Crippen molar-refractivity contribution in [3.8, 4) is 6.07 Å². The monoisotopic (exact) mass is 471 g/mol. The van der Waals surface area contributed by atoms with Crippen LogP contribution in [0.2, 0.25) is 10.0 Å². The van der Waals surface area contributed by atoms with Crippen molar-refractivity contribution in [2.45, 2.75) is 19.4 Å². The van der Waals surface area contributed by atoms with Crippen LogP contribution in [0.1, 0.15) is 24.0 Å². The van der Waals surface area contributed by atoms with Gasteiger partial charge in [0.05, 0.1) is 24.0 Å². The molecule has 1 aliphatic heterocycles. The average molecular weight is 472 g/mol. The number of benzene rings is 2. The highest BCUT2D eigenvalue weighted by Crippen LogP contribution is 2.28. The summed E-state index contributed by atoms with van der Waals surface area (Å²) in [6.07, 6.45) is 2.89. The third-order valence-corrected chi connectivity index (χ3v) is 6.18. The van der Waals surface area contributed by atoms with E-state index in [-0.39, 0.29) is 11.8 Å². The number of nitriles is 1. The summed E-state index contributed by atoms with van der Waals surface area (Å²) in [6.45, 7) is 1.62. The average Bonchev–Trinajstić information content (AvgIpc) is 3.22. The number of piperidine rings is 1. The van der Waals surface area contributed by atoms with Gasteiger partial charge in [0.15, 0.2) is 0 Å². The van der Waals surface area contributed by atoms with Crippen LogP contribution in [-0.2, 0) is 11.3 Å². The maximum absolute atomic E-state index is 13.4. The summed E-state index contributed by atoms with van der Waals surface area (Å²) < 4.78 is 15.1. The van der Waals surface area contributed by atoms with E-state index in [0.29, 0.717) is 59.6 Å². The summed E-state index contributed by atoms with van der Waals surface area (Å²) in [5.41, 5.74) is 1.85. The van der Waals surface area contributed by atoms with Gasteiger partial charge in [-0.15, -0.1) is 0 Å². The molecule has 0 aliphatic carbocycles. The highest BCUT2D eigenvalue weighted by atomic mass is 35.5. The van der Waals surface area contributed by atoms with Crippen molar-refractivity contribution in [2.24, 2.45) is 5.92 Å². The predicted molar refractivity (Wildman–Crippen MR) is 122 cm³/mol. The molecule has 1 N–H and O–H groups in total. The van der Waals surface area contributed by atoms with E-state index < -0.39 is 5.82 Å². The zero-order valence-corrected chi connectivity index (χ0v) is 18.6. The molecule has 2 aromatic carbocycles. The highest BCUT2D eigenvalue weighted by molar-refractivity contribution is 6.35. The number of aromatic nitrogens is 2. The Morgan fingerprint density at radius 3 is 2.69 bits per heavy atom. The lowest BCUT2D eigenvalue weighted by atomic mass is 9.95. The topological polar surface area (TPSA) is 74.0 Å². The zero-order valence-electron chi connectivity index (χ0n) is 17.1. The molecule has 4 rings (SSSR count). The number of nitrogens with zero attached hydrogens (tertiary/aromatic N) is 4. The van der Waals surface area contributed by atoms with Gasteiger partial charge in [-0.2, -0.15) is 10.4 Å². The van der Waals surface area contributed by atoms with Gasteiger partial charge in [-0.25, -0.2) is 9.07 Å². The second-order valence-electron chi connectivity index (χ2n) is 7.63. The van der Waals surface area contributed by atoms with Crippen LogP contribution in [0.15, 0.2) is 48.7 Å². The van der Waals surface area contributed by atoms with E-state index in [0.717, 1.165) is 5.56 Å². The highest BCUT2D eigenvalue weighted by Gasteiger charge is 2.27. The van der Waals surface area contributed by atoms with E-state index in [4.69, 9.17) is 23.2 Å². The molecule has 1 aliphatic rings. The summed E-state index contributed by atoms with van der Waals surface area (Å²) in [6, 6.07) is 13.3. The molecule has 2 heterocycles. The lowest BCUT2D eigenvalue weighted by Gasteiger charge is -2.33. The largest absolute Gasteiger partial charge is 0.370 e. The molecule has 1 aromatic heterocycles. The smallest absolute Gasteiger partial charge is 0.228 e. The second-order valence-corrected chi connectivity index (χ2v) is 8.48. The summed E-state index contributed by atoms with van der Waals surface area (Å²) in [5, 5.41) is 17.6. The lowest BCUT2D eigenvalue weighted by molar-refractivity contribution is -0.120. The first-order valence-electron chi connectivity index (χ1n) is 10.2. The van der Waals surface area contributed by atoms with Crippen molar-refractivity contribution in [2.75, 3.05) is 23.3 Å².